The van der Waals surface area contributed by atoms with Gasteiger partial charge in [0.05, 0.1) is 18.7 Å². The van der Waals surface area contributed by atoms with Gasteiger partial charge in [-0.15, -0.1) is 11.3 Å². The lowest BCUT2D eigenvalue weighted by Gasteiger charge is -2.25. The van der Waals surface area contributed by atoms with Crippen LogP contribution in [0, 0.1) is 0 Å². The van der Waals surface area contributed by atoms with Crippen LogP contribution in [0.1, 0.15) is 45.1 Å². The maximum absolute atomic E-state index is 12.8. The molecule has 0 radical (unpaired) electrons. The number of nitrogens with one attached hydrogen (secondary N) is 1. The Morgan fingerprint density at radius 2 is 2.03 bits per heavy atom. The fraction of sp³-hybridized carbons (Fsp3) is 0.273. The number of nitrogens with zero attached hydrogens (tertiary/aromatic N) is 2. The van der Waals surface area contributed by atoms with Gasteiger partial charge in [0, 0.05) is 30.0 Å². The first-order valence-corrected chi connectivity index (χ1v) is 10.7. The molecule has 1 N–H and O–H groups in total. The Morgan fingerprint density at radius 1 is 1.26 bits per heavy atom. The second kappa shape index (κ2) is 8.73. The summed E-state index contributed by atoms with van der Waals surface area (Å²) in [6.07, 6.45) is 0.525. The monoisotopic (exact) mass is 439 g/mol. The lowest BCUT2D eigenvalue weighted by molar-refractivity contribution is -0.129. The normalized spacial score (nSPS) is 12.9. The van der Waals surface area contributed by atoms with Crippen LogP contribution in [0.2, 0.25) is 0 Å². The maximum atomic E-state index is 12.8. The molecule has 31 heavy (non-hydrogen) atoms. The van der Waals surface area contributed by atoms with Crippen molar-refractivity contribution in [1.82, 2.24) is 10.1 Å². The lowest BCUT2D eigenvalue weighted by atomic mass is 10.0. The van der Waals surface area contributed by atoms with Crippen molar-refractivity contribution in [3.05, 3.63) is 58.1 Å². The molecule has 0 unspecified atom stereocenters. The van der Waals surface area contributed by atoms with E-state index in [0.29, 0.717) is 35.8 Å². The van der Waals surface area contributed by atoms with Gasteiger partial charge in [0.2, 0.25) is 5.91 Å². The summed E-state index contributed by atoms with van der Waals surface area (Å²) >= 11 is 1.28. The second-order valence-corrected chi connectivity index (χ2v) is 8.12. The minimum absolute atomic E-state index is 0.0293. The van der Waals surface area contributed by atoms with E-state index < -0.39 is 11.9 Å². The number of fused-ring (bicyclic) bond motifs is 1. The molecule has 0 atom stereocenters. The van der Waals surface area contributed by atoms with E-state index in [1.807, 2.05) is 30.3 Å². The Labute approximate surface area is 182 Å². The van der Waals surface area contributed by atoms with Gasteiger partial charge in [-0.1, -0.05) is 35.5 Å². The highest BCUT2D eigenvalue weighted by Crippen LogP contribution is 2.38. The Bertz CT molecular complexity index is 1140. The number of thiophene rings is 1. The van der Waals surface area contributed by atoms with Gasteiger partial charge in [-0.3, -0.25) is 9.59 Å². The van der Waals surface area contributed by atoms with E-state index in [4.69, 9.17) is 9.26 Å². The first-order valence-electron chi connectivity index (χ1n) is 9.88. The summed E-state index contributed by atoms with van der Waals surface area (Å²) < 4.78 is 10.5. The standard InChI is InChI=1S/C22H21N3O5S/c1-3-29-22(28)19-15-9-10-25(13(2)26)12-18(15)31-21(19)23-20(27)16-11-17(30-24-16)14-7-5-4-6-8-14/h4-8,11H,3,9-10,12H2,1-2H3,(H,23,27). The number of rotatable bonds is 5. The summed E-state index contributed by atoms with van der Waals surface area (Å²) in [6.45, 7) is 4.39. The van der Waals surface area contributed by atoms with Crippen LogP contribution in [0.4, 0.5) is 5.00 Å². The first kappa shape index (κ1) is 20.8. The summed E-state index contributed by atoms with van der Waals surface area (Å²) in [5.74, 6) is -0.535. The largest absolute Gasteiger partial charge is 0.462 e. The lowest BCUT2D eigenvalue weighted by Crippen LogP contribution is -2.34. The van der Waals surface area contributed by atoms with Crippen LogP contribution in [-0.2, 0) is 22.5 Å². The van der Waals surface area contributed by atoms with Crippen molar-refractivity contribution in [2.24, 2.45) is 0 Å². The topological polar surface area (TPSA) is 102 Å². The van der Waals surface area contributed by atoms with E-state index in [1.54, 1.807) is 17.9 Å². The van der Waals surface area contributed by atoms with Gasteiger partial charge in [0.15, 0.2) is 11.5 Å². The second-order valence-electron chi connectivity index (χ2n) is 7.02. The fourth-order valence-corrected chi connectivity index (χ4v) is 4.71. The van der Waals surface area contributed by atoms with Crippen molar-refractivity contribution in [2.75, 3.05) is 18.5 Å². The van der Waals surface area contributed by atoms with E-state index in [-0.39, 0.29) is 18.2 Å². The number of hydrogen-bond donors (Lipinski definition) is 1. The Balaban J connectivity index is 1.62. The molecule has 3 aromatic rings. The van der Waals surface area contributed by atoms with Crippen LogP contribution in [-0.4, -0.2) is 41.0 Å². The number of hydrogen-bond acceptors (Lipinski definition) is 7. The van der Waals surface area contributed by atoms with Gasteiger partial charge in [0.25, 0.3) is 5.91 Å². The molecule has 1 aliphatic rings. The van der Waals surface area contributed by atoms with E-state index in [1.165, 1.54) is 18.3 Å². The first-order chi connectivity index (χ1) is 15.0. The summed E-state index contributed by atoms with van der Waals surface area (Å²) in [5.41, 5.74) is 2.08. The van der Waals surface area contributed by atoms with Gasteiger partial charge >= 0.3 is 5.97 Å². The number of benzene rings is 1. The van der Waals surface area contributed by atoms with Crippen molar-refractivity contribution in [2.45, 2.75) is 26.8 Å². The van der Waals surface area contributed by atoms with Crippen LogP contribution < -0.4 is 5.32 Å². The number of carbonyl (C=O) groups is 3. The molecule has 0 saturated carbocycles. The summed E-state index contributed by atoms with van der Waals surface area (Å²) in [7, 11) is 0. The van der Waals surface area contributed by atoms with Crippen molar-refractivity contribution >= 4 is 34.1 Å². The minimum Gasteiger partial charge on any atom is -0.462 e. The molecule has 1 aliphatic heterocycles. The van der Waals surface area contributed by atoms with Crippen LogP contribution in [0.3, 0.4) is 0 Å². The van der Waals surface area contributed by atoms with Gasteiger partial charge in [-0.2, -0.15) is 0 Å². The molecule has 0 spiro atoms. The van der Waals surface area contributed by atoms with E-state index in [9.17, 15) is 14.4 Å². The molecule has 3 heterocycles. The summed E-state index contributed by atoms with van der Waals surface area (Å²) in [5, 5.41) is 7.04. The highest BCUT2D eigenvalue weighted by atomic mass is 32.1. The number of ether oxygens (including phenoxy) is 1. The minimum atomic E-state index is -0.489. The zero-order valence-corrected chi connectivity index (χ0v) is 18.0. The maximum Gasteiger partial charge on any atom is 0.341 e. The predicted octanol–water partition coefficient (Wildman–Crippen LogP) is 3.74. The van der Waals surface area contributed by atoms with Crippen LogP contribution in [0.25, 0.3) is 11.3 Å². The summed E-state index contributed by atoms with van der Waals surface area (Å²) in [6, 6.07) is 10.9. The van der Waals surface area contributed by atoms with Gasteiger partial charge in [-0.05, 0) is 18.9 Å². The van der Waals surface area contributed by atoms with Crippen molar-refractivity contribution < 1.29 is 23.6 Å². The number of amides is 2. The molecule has 8 nitrogen and oxygen atoms in total. The molecule has 0 saturated heterocycles. The Kier molecular flexibility index (Phi) is 5.85. The van der Waals surface area contributed by atoms with Crippen molar-refractivity contribution in [1.29, 1.82) is 0 Å². The third-order valence-electron chi connectivity index (χ3n) is 5.01. The van der Waals surface area contributed by atoms with Gasteiger partial charge < -0.3 is 19.5 Å². The Morgan fingerprint density at radius 3 is 2.74 bits per heavy atom. The third kappa shape index (κ3) is 4.22. The van der Waals surface area contributed by atoms with Gasteiger partial charge in [-0.25, -0.2) is 4.79 Å². The molecule has 0 aliphatic carbocycles. The van der Waals surface area contributed by atoms with Crippen LogP contribution >= 0.6 is 11.3 Å². The highest BCUT2D eigenvalue weighted by Gasteiger charge is 2.30. The van der Waals surface area contributed by atoms with Crippen LogP contribution in [0.15, 0.2) is 40.9 Å². The van der Waals surface area contributed by atoms with Crippen molar-refractivity contribution in [3.8, 4) is 11.3 Å². The van der Waals surface area contributed by atoms with Crippen LogP contribution in [0.5, 0.6) is 0 Å². The zero-order valence-electron chi connectivity index (χ0n) is 17.1. The van der Waals surface area contributed by atoms with E-state index >= 15 is 0 Å². The molecule has 2 aromatic heterocycles. The molecule has 9 heteroatoms. The number of carbonyl (C=O) groups excluding carboxylic acids is 3. The number of anilines is 1. The van der Waals surface area contributed by atoms with Crippen molar-refractivity contribution in [3.63, 3.8) is 0 Å². The fourth-order valence-electron chi connectivity index (χ4n) is 3.47. The molecule has 1 aromatic carbocycles. The Hall–Kier alpha value is -3.46. The molecule has 4 rings (SSSR count). The molecular weight excluding hydrogens is 418 g/mol. The average molecular weight is 439 g/mol. The summed E-state index contributed by atoms with van der Waals surface area (Å²) in [4.78, 5) is 39.8. The average Bonchev–Trinajstić information content (AvgIpc) is 3.39. The molecule has 0 fully saturated rings. The number of esters is 1. The zero-order chi connectivity index (χ0) is 22.0. The predicted molar refractivity (Wildman–Crippen MR) is 115 cm³/mol. The quantitative estimate of drug-likeness (QED) is 0.608. The van der Waals surface area contributed by atoms with Gasteiger partial charge in [0.1, 0.15) is 5.00 Å². The van der Waals surface area contributed by atoms with E-state index in [0.717, 1.165) is 16.0 Å². The SMILES string of the molecule is CCOC(=O)c1c(NC(=O)c2cc(-c3ccccc3)on2)sc2c1CCN(C(C)=O)C2. The van der Waals surface area contributed by atoms with E-state index in [2.05, 4.69) is 10.5 Å². The molecular formula is C22H21N3O5S. The number of aromatic nitrogens is 1. The third-order valence-corrected chi connectivity index (χ3v) is 6.14. The smallest absolute Gasteiger partial charge is 0.341 e. The highest BCUT2D eigenvalue weighted by molar-refractivity contribution is 7.17. The molecule has 0 bridgehead atoms. The molecule has 2 amide bonds. The molecule has 160 valence electrons.